The van der Waals surface area contributed by atoms with Crippen molar-refractivity contribution in [3.63, 3.8) is 0 Å². The predicted molar refractivity (Wildman–Crippen MR) is 49.8 cm³/mol. The van der Waals surface area contributed by atoms with Crippen LogP contribution < -0.4 is 0 Å². The highest BCUT2D eigenvalue weighted by Gasteiger charge is 2.12. The predicted octanol–water partition coefficient (Wildman–Crippen LogP) is 0.863. The summed E-state index contributed by atoms with van der Waals surface area (Å²) < 4.78 is 0. The highest BCUT2D eigenvalue weighted by Crippen LogP contribution is 1.99. The molecule has 0 N–H and O–H groups in total. The molecule has 0 aliphatic rings. The number of hydrogen-bond acceptors (Lipinski definition) is 4. The number of Topliss-reactive ketones (excluding diaryl/α,β-unsaturated/α-hetero) is 3. The molecule has 4 heteroatoms. The minimum atomic E-state index is -0.422. The van der Waals surface area contributed by atoms with Crippen LogP contribution in [0.2, 0.25) is 0 Å². The van der Waals surface area contributed by atoms with Crippen molar-refractivity contribution in [1.29, 1.82) is 0 Å². The van der Waals surface area contributed by atoms with Crippen molar-refractivity contribution in [2.24, 2.45) is 0 Å². The van der Waals surface area contributed by atoms with Crippen molar-refractivity contribution in [2.75, 3.05) is 0 Å². The molecule has 0 unspecified atom stereocenters. The van der Waals surface area contributed by atoms with E-state index in [0.29, 0.717) is 19.1 Å². The molecule has 0 aromatic heterocycles. The lowest BCUT2D eigenvalue weighted by Crippen LogP contribution is -2.12. The van der Waals surface area contributed by atoms with E-state index in [9.17, 15) is 19.2 Å². The molecule has 0 radical (unpaired) electrons. The molecule has 14 heavy (non-hydrogen) atoms. The zero-order chi connectivity index (χ0) is 11.0. The fraction of sp³-hybridized carbons (Fsp3) is 0.600. The molecule has 0 saturated heterocycles. The van der Waals surface area contributed by atoms with Gasteiger partial charge in [-0.05, 0) is 6.42 Å². The second-order valence-corrected chi connectivity index (χ2v) is 3.09. The molecule has 0 aromatic rings. The van der Waals surface area contributed by atoms with E-state index in [0.717, 1.165) is 0 Å². The first-order valence-corrected chi connectivity index (χ1v) is 4.58. The first-order chi connectivity index (χ1) is 6.60. The summed E-state index contributed by atoms with van der Waals surface area (Å²) >= 11 is 0. The van der Waals surface area contributed by atoms with Crippen LogP contribution in [0.15, 0.2) is 0 Å². The van der Waals surface area contributed by atoms with Crippen molar-refractivity contribution in [1.82, 2.24) is 0 Å². The molecule has 4 nitrogen and oxygen atoms in total. The Morgan fingerprint density at radius 2 is 1.57 bits per heavy atom. The minimum Gasteiger partial charge on any atom is -0.303 e. The maximum atomic E-state index is 11.1. The maximum Gasteiger partial charge on any atom is 0.147 e. The van der Waals surface area contributed by atoms with Crippen LogP contribution in [0, 0.1) is 0 Å². The van der Waals surface area contributed by atoms with Crippen molar-refractivity contribution in [2.45, 2.75) is 39.0 Å². The lowest BCUT2D eigenvalue weighted by molar-refractivity contribution is -0.130. The normalized spacial score (nSPS) is 9.50. The summed E-state index contributed by atoms with van der Waals surface area (Å²) in [6.07, 6.45) is 0.811. The number of carbonyl (C=O) groups is 4. The molecule has 0 aromatic carbocycles. The SMILES string of the molecule is CCCC(=O)CC(=O)CC(=O)CC=O. The second-order valence-electron chi connectivity index (χ2n) is 3.09. The first kappa shape index (κ1) is 12.7. The Labute approximate surface area is 82.7 Å². The van der Waals surface area contributed by atoms with E-state index in [1.807, 2.05) is 6.92 Å². The third-order valence-electron chi connectivity index (χ3n) is 1.63. The van der Waals surface area contributed by atoms with E-state index < -0.39 is 11.6 Å². The summed E-state index contributed by atoms with van der Waals surface area (Å²) in [4.78, 5) is 42.8. The zero-order valence-electron chi connectivity index (χ0n) is 8.25. The van der Waals surface area contributed by atoms with Crippen LogP contribution in [-0.2, 0) is 19.2 Å². The summed E-state index contributed by atoms with van der Waals surface area (Å²) in [5.74, 6) is -0.957. The highest BCUT2D eigenvalue weighted by molar-refractivity contribution is 6.09. The van der Waals surface area contributed by atoms with E-state index >= 15 is 0 Å². The van der Waals surface area contributed by atoms with Gasteiger partial charge in [0.1, 0.15) is 23.6 Å². The van der Waals surface area contributed by atoms with Gasteiger partial charge in [0, 0.05) is 6.42 Å². The minimum absolute atomic E-state index is 0.142. The van der Waals surface area contributed by atoms with Gasteiger partial charge in [-0.1, -0.05) is 6.92 Å². The van der Waals surface area contributed by atoms with Gasteiger partial charge in [-0.25, -0.2) is 0 Å². The summed E-state index contributed by atoms with van der Waals surface area (Å²) in [5.41, 5.74) is 0. The summed E-state index contributed by atoms with van der Waals surface area (Å²) in [6.45, 7) is 1.85. The maximum absolute atomic E-state index is 11.1. The Hall–Kier alpha value is -1.32. The standard InChI is InChI=1S/C10H14O4/c1-2-3-8(12)6-10(14)7-9(13)4-5-11/h5H,2-4,6-7H2,1H3. The van der Waals surface area contributed by atoms with E-state index in [4.69, 9.17) is 0 Å². The van der Waals surface area contributed by atoms with Crippen LogP contribution >= 0.6 is 0 Å². The molecule has 0 aliphatic heterocycles. The number of carbonyl (C=O) groups excluding carboxylic acids is 4. The Balaban J connectivity index is 3.80. The van der Waals surface area contributed by atoms with Crippen molar-refractivity contribution >= 4 is 23.6 Å². The molecular formula is C10H14O4. The van der Waals surface area contributed by atoms with Gasteiger partial charge >= 0.3 is 0 Å². The third kappa shape index (κ3) is 6.22. The zero-order valence-corrected chi connectivity index (χ0v) is 8.25. The van der Waals surface area contributed by atoms with Crippen LogP contribution in [0.1, 0.15) is 39.0 Å². The molecule has 0 saturated carbocycles. The van der Waals surface area contributed by atoms with Gasteiger partial charge in [0.05, 0.1) is 19.3 Å². The molecule has 0 bridgehead atoms. The van der Waals surface area contributed by atoms with Crippen LogP contribution in [0.3, 0.4) is 0 Å². The smallest absolute Gasteiger partial charge is 0.147 e. The van der Waals surface area contributed by atoms with E-state index in [-0.39, 0.29) is 25.0 Å². The average Bonchev–Trinajstić information content (AvgIpc) is 2.03. The molecule has 0 fully saturated rings. The topological polar surface area (TPSA) is 68.3 Å². The Bertz CT molecular complexity index is 243. The first-order valence-electron chi connectivity index (χ1n) is 4.58. The van der Waals surface area contributed by atoms with Crippen molar-refractivity contribution < 1.29 is 19.2 Å². The van der Waals surface area contributed by atoms with Crippen LogP contribution in [0.5, 0.6) is 0 Å². The molecule has 0 spiro atoms. The van der Waals surface area contributed by atoms with Gasteiger partial charge in [-0.2, -0.15) is 0 Å². The van der Waals surface area contributed by atoms with Crippen LogP contribution in [0.4, 0.5) is 0 Å². The molecule has 0 atom stereocenters. The molecule has 0 rings (SSSR count). The number of aldehydes is 1. The van der Waals surface area contributed by atoms with E-state index in [2.05, 4.69) is 0 Å². The van der Waals surface area contributed by atoms with Crippen LogP contribution in [0.25, 0.3) is 0 Å². The fourth-order valence-electron chi connectivity index (χ4n) is 1.03. The van der Waals surface area contributed by atoms with Gasteiger partial charge in [-0.15, -0.1) is 0 Å². The largest absolute Gasteiger partial charge is 0.303 e. The summed E-state index contributed by atoms with van der Waals surface area (Å²) in [5, 5.41) is 0. The van der Waals surface area contributed by atoms with Crippen LogP contribution in [-0.4, -0.2) is 23.6 Å². The fourth-order valence-corrected chi connectivity index (χ4v) is 1.03. The lowest BCUT2D eigenvalue weighted by Gasteiger charge is -1.97. The molecule has 78 valence electrons. The highest BCUT2D eigenvalue weighted by atomic mass is 16.2. The second kappa shape index (κ2) is 7.12. The third-order valence-corrected chi connectivity index (χ3v) is 1.63. The van der Waals surface area contributed by atoms with Crippen molar-refractivity contribution in [3.05, 3.63) is 0 Å². The van der Waals surface area contributed by atoms with Crippen molar-refractivity contribution in [3.8, 4) is 0 Å². The Kier molecular flexibility index (Phi) is 6.45. The average molecular weight is 198 g/mol. The molecule has 0 heterocycles. The van der Waals surface area contributed by atoms with Gasteiger partial charge in [0.15, 0.2) is 0 Å². The van der Waals surface area contributed by atoms with E-state index in [1.54, 1.807) is 0 Å². The molecule has 0 amide bonds. The summed E-state index contributed by atoms with van der Waals surface area (Å²) in [7, 11) is 0. The Morgan fingerprint density at radius 1 is 1.00 bits per heavy atom. The quantitative estimate of drug-likeness (QED) is 0.428. The van der Waals surface area contributed by atoms with E-state index in [1.165, 1.54) is 0 Å². The Morgan fingerprint density at radius 3 is 2.07 bits per heavy atom. The summed E-state index contributed by atoms with van der Waals surface area (Å²) in [6, 6.07) is 0. The lowest BCUT2D eigenvalue weighted by atomic mass is 10.1. The molecular weight excluding hydrogens is 184 g/mol. The van der Waals surface area contributed by atoms with Gasteiger partial charge < -0.3 is 4.79 Å². The number of hydrogen-bond donors (Lipinski definition) is 0. The monoisotopic (exact) mass is 198 g/mol. The van der Waals surface area contributed by atoms with Gasteiger partial charge in [0.2, 0.25) is 0 Å². The van der Waals surface area contributed by atoms with Gasteiger partial charge in [0.25, 0.3) is 0 Å². The van der Waals surface area contributed by atoms with Gasteiger partial charge in [-0.3, -0.25) is 14.4 Å². The number of ketones is 3. The molecule has 0 aliphatic carbocycles. The number of rotatable bonds is 8.